The Morgan fingerprint density at radius 1 is 1.28 bits per heavy atom. The van der Waals surface area contributed by atoms with Crippen LogP contribution in [0.15, 0.2) is 36.7 Å². The number of benzene rings is 1. The van der Waals surface area contributed by atoms with Gasteiger partial charge in [0.25, 0.3) is 0 Å². The van der Waals surface area contributed by atoms with E-state index in [0.29, 0.717) is 6.61 Å². The number of nitrogens with two attached hydrogens (primary N) is 1. The molecule has 1 aromatic heterocycles. The van der Waals surface area contributed by atoms with Gasteiger partial charge >= 0.3 is 0 Å². The third-order valence-corrected chi connectivity index (χ3v) is 3.26. The molecule has 2 atom stereocenters. The van der Waals surface area contributed by atoms with E-state index in [1.807, 2.05) is 25.3 Å². The molecule has 2 unspecified atom stereocenters. The highest BCUT2D eigenvalue weighted by Crippen LogP contribution is 2.26. The van der Waals surface area contributed by atoms with Gasteiger partial charge in [0, 0.05) is 24.4 Å². The summed E-state index contributed by atoms with van der Waals surface area (Å²) in [6.07, 6.45) is 4.65. The van der Waals surface area contributed by atoms with Gasteiger partial charge in [0.1, 0.15) is 0 Å². The molecule has 96 valence electrons. The first-order valence-electron chi connectivity index (χ1n) is 6.47. The Bertz CT molecular complexity index is 507. The first-order chi connectivity index (χ1) is 8.77. The lowest BCUT2D eigenvalue weighted by atomic mass is 9.96. The Labute approximate surface area is 108 Å². The van der Waals surface area contributed by atoms with Crippen LogP contribution < -0.4 is 5.73 Å². The predicted octanol–water partition coefficient (Wildman–Crippen LogP) is 3.05. The van der Waals surface area contributed by atoms with E-state index < -0.39 is 0 Å². The number of hydrogen-bond donors (Lipinski definition) is 1. The Morgan fingerprint density at radius 3 is 2.83 bits per heavy atom. The van der Waals surface area contributed by atoms with Crippen LogP contribution in [0.4, 0.5) is 0 Å². The zero-order valence-electron chi connectivity index (χ0n) is 11.0. The molecule has 0 radical (unpaired) electrons. The van der Waals surface area contributed by atoms with Gasteiger partial charge in [-0.05, 0) is 30.4 Å². The van der Waals surface area contributed by atoms with E-state index in [1.54, 1.807) is 6.20 Å². The zero-order valence-corrected chi connectivity index (χ0v) is 11.0. The minimum absolute atomic E-state index is 0.0563. The van der Waals surface area contributed by atoms with E-state index in [2.05, 4.69) is 24.0 Å². The molecular weight excluding hydrogens is 224 g/mol. The molecule has 0 aliphatic carbocycles. The Balaban J connectivity index is 2.40. The molecule has 3 nitrogen and oxygen atoms in total. The number of fused-ring (bicyclic) bond motifs is 1. The fraction of sp³-hybridized carbons (Fsp3) is 0.400. The van der Waals surface area contributed by atoms with Gasteiger partial charge in [0.2, 0.25) is 0 Å². The van der Waals surface area contributed by atoms with E-state index in [1.165, 1.54) is 5.39 Å². The first-order valence-corrected chi connectivity index (χ1v) is 6.47. The van der Waals surface area contributed by atoms with Crippen molar-refractivity contribution in [3.05, 3.63) is 42.2 Å². The molecule has 0 fully saturated rings. The molecule has 0 bridgehead atoms. The predicted molar refractivity (Wildman–Crippen MR) is 74.4 cm³/mol. The van der Waals surface area contributed by atoms with Gasteiger partial charge in [-0.25, -0.2) is 0 Å². The minimum atomic E-state index is -0.108. The van der Waals surface area contributed by atoms with Gasteiger partial charge in [-0.1, -0.05) is 25.1 Å². The van der Waals surface area contributed by atoms with Gasteiger partial charge in [-0.15, -0.1) is 0 Å². The average Bonchev–Trinajstić information content (AvgIpc) is 2.43. The van der Waals surface area contributed by atoms with Crippen molar-refractivity contribution in [2.45, 2.75) is 32.4 Å². The molecule has 3 heteroatoms. The lowest BCUT2D eigenvalue weighted by Crippen LogP contribution is -2.28. The zero-order chi connectivity index (χ0) is 13.0. The lowest BCUT2D eigenvalue weighted by Gasteiger charge is -2.24. The molecule has 0 aliphatic rings. The van der Waals surface area contributed by atoms with Crippen LogP contribution >= 0.6 is 0 Å². The lowest BCUT2D eigenvalue weighted by molar-refractivity contribution is 0.0417. The minimum Gasteiger partial charge on any atom is -0.377 e. The topological polar surface area (TPSA) is 48.1 Å². The molecule has 0 spiro atoms. The molecule has 2 N–H and O–H groups in total. The maximum atomic E-state index is 6.35. The highest BCUT2D eigenvalue weighted by Gasteiger charge is 2.19. The smallest absolute Gasteiger partial charge is 0.0765 e. The summed E-state index contributed by atoms with van der Waals surface area (Å²) in [7, 11) is 0. The fourth-order valence-electron chi connectivity index (χ4n) is 2.32. The van der Waals surface area contributed by atoms with Gasteiger partial charge in [-0.3, -0.25) is 4.98 Å². The Hall–Kier alpha value is -1.45. The van der Waals surface area contributed by atoms with Gasteiger partial charge < -0.3 is 10.5 Å². The van der Waals surface area contributed by atoms with Crippen molar-refractivity contribution in [3.63, 3.8) is 0 Å². The second-order valence-corrected chi connectivity index (χ2v) is 4.37. The molecule has 1 aromatic carbocycles. The van der Waals surface area contributed by atoms with Crippen molar-refractivity contribution in [1.82, 2.24) is 4.98 Å². The monoisotopic (exact) mass is 244 g/mol. The van der Waals surface area contributed by atoms with E-state index in [9.17, 15) is 0 Å². The van der Waals surface area contributed by atoms with Crippen LogP contribution in [0.5, 0.6) is 0 Å². The summed E-state index contributed by atoms with van der Waals surface area (Å²) in [5.41, 5.74) is 7.46. The first kappa shape index (κ1) is 13.0. The number of pyridine rings is 1. The van der Waals surface area contributed by atoms with Crippen LogP contribution in [0.25, 0.3) is 10.8 Å². The second-order valence-electron chi connectivity index (χ2n) is 4.37. The Kier molecular flexibility index (Phi) is 4.28. The average molecular weight is 244 g/mol. The van der Waals surface area contributed by atoms with Crippen LogP contribution in [-0.4, -0.2) is 17.7 Å². The number of rotatable bonds is 5. The molecule has 2 aromatic rings. The summed E-state index contributed by atoms with van der Waals surface area (Å²) < 4.78 is 5.71. The number of ether oxygens (including phenoxy) is 1. The van der Waals surface area contributed by atoms with Crippen molar-refractivity contribution in [2.24, 2.45) is 5.73 Å². The third kappa shape index (κ3) is 2.52. The standard InChI is InChI=1S/C15H20N2O/c1-3-14(18-4-2)15(16)12-7-5-6-11-8-9-17-10-13(11)12/h5-10,14-15H,3-4,16H2,1-2H3. The molecule has 0 saturated carbocycles. The van der Waals surface area contributed by atoms with Gasteiger partial charge in [0.05, 0.1) is 12.1 Å². The molecule has 1 heterocycles. The fourth-order valence-corrected chi connectivity index (χ4v) is 2.32. The SMILES string of the molecule is CCOC(CC)C(N)c1cccc2ccncc12. The van der Waals surface area contributed by atoms with E-state index in [0.717, 1.165) is 17.4 Å². The molecule has 2 rings (SSSR count). The number of aromatic nitrogens is 1. The van der Waals surface area contributed by atoms with Crippen molar-refractivity contribution in [1.29, 1.82) is 0 Å². The van der Waals surface area contributed by atoms with Gasteiger partial charge in [0.15, 0.2) is 0 Å². The van der Waals surface area contributed by atoms with Gasteiger partial charge in [-0.2, -0.15) is 0 Å². The highest BCUT2D eigenvalue weighted by atomic mass is 16.5. The number of nitrogens with zero attached hydrogens (tertiary/aromatic N) is 1. The van der Waals surface area contributed by atoms with Crippen molar-refractivity contribution in [2.75, 3.05) is 6.61 Å². The van der Waals surface area contributed by atoms with Crippen molar-refractivity contribution >= 4 is 10.8 Å². The third-order valence-electron chi connectivity index (χ3n) is 3.26. The van der Waals surface area contributed by atoms with Crippen LogP contribution in [0.2, 0.25) is 0 Å². The molecular formula is C15H20N2O. The Morgan fingerprint density at radius 2 is 2.11 bits per heavy atom. The quantitative estimate of drug-likeness (QED) is 0.879. The maximum Gasteiger partial charge on any atom is 0.0765 e. The summed E-state index contributed by atoms with van der Waals surface area (Å²) in [5, 5.41) is 2.29. The summed E-state index contributed by atoms with van der Waals surface area (Å²) >= 11 is 0. The van der Waals surface area contributed by atoms with E-state index in [4.69, 9.17) is 10.5 Å². The molecule has 0 amide bonds. The summed E-state index contributed by atoms with van der Waals surface area (Å²) in [6, 6.07) is 8.08. The largest absolute Gasteiger partial charge is 0.377 e. The van der Waals surface area contributed by atoms with E-state index in [-0.39, 0.29) is 12.1 Å². The maximum absolute atomic E-state index is 6.35. The molecule has 0 aliphatic heterocycles. The second kappa shape index (κ2) is 5.94. The van der Waals surface area contributed by atoms with Crippen LogP contribution in [0, 0.1) is 0 Å². The molecule has 18 heavy (non-hydrogen) atoms. The van der Waals surface area contributed by atoms with Crippen LogP contribution in [0.1, 0.15) is 31.9 Å². The van der Waals surface area contributed by atoms with E-state index >= 15 is 0 Å². The van der Waals surface area contributed by atoms with Crippen LogP contribution in [-0.2, 0) is 4.74 Å². The number of hydrogen-bond acceptors (Lipinski definition) is 3. The van der Waals surface area contributed by atoms with Crippen molar-refractivity contribution < 1.29 is 4.74 Å². The highest BCUT2D eigenvalue weighted by molar-refractivity contribution is 5.85. The summed E-state index contributed by atoms with van der Waals surface area (Å²) in [6.45, 7) is 4.79. The summed E-state index contributed by atoms with van der Waals surface area (Å²) in [4.78, 5) is 4.19. The normalized spacial score (nSPS) is 14.6. The molecule has 0 saturated heterocycles. The van der Waals surface area contributed by atoms with Crippen LogP contribution in [0.3, 0.4) is 0 Å². The summed E-state index contributed by atoms with van der Waals surface area (Å²) in [5.74, 6) is 0. The van der Waals surface area contributed by atoms with Crippen molar-refractivity contribution in [3.8, 4) is 0 Å².